The minimum atomic E-state index is 0.167. The van der Waals surface area contributed by atoms with Crippen molar-refractivity contribution < 1.29 is 0 Å². The molecular formula is C26H37ClN8. The van der Waals surface area contributed by atoms with Crippen LogP contribution in [0.3, 0.4) is 0 Å². The molecule has 188 valence electrons. The maximum absolute atomic E-state index is 9.43. The highest BCUT2D eigenvalue weighted by Crippen LogP contribution is 2.35. The van der Waals surface area contributed by atoms with E-state index in [1.165, 1.54) is 13.2 Å². The Morgan fingerprint density at radius 1 is 1.17 bits per heavy atom. The average molecular weight is 497 g/mol. The van der Waals surface area contributed by atoms with Crippen molar-refractivity contribution in [2.24, 2.45) is 32.4 Å². The molecule has 8 nitrogen and oxygen atoms in total. The van der Waals surface area contributed by atoms with E-state index in [1.54, 1.807) is 6.21 Å². The minimum Gasteiger partial charge on any atom is -0.403 e. The van der Waals surface area contributed by atoms with E-state index in [0.29, 0.717) is 22.8 Å². The molecule has 3 aliphatic rings. The molecule has 1 saturated heterocycles. The van der Waals surface area contributed by atoms with Crippen molar-refractivity contribution in [2.75, 3.05) is 38.1 Å². The molecule has 2 saturated carbocycles. The van der Waals surface area contributed by atoms with Gasteiger partial charge >= 0.3 is 0 Å². The number of nitrogens with zero attached hydrogens (tertiary/aromatic N) is 6. The van der Waals surface area contributed by atoms with E-state index in [4.69, 9.17) is 17.3 Å². The van der Waals surface area contributed by atoms with E-state index >= 15 is 0 Å². The fourth-order valence-electron chi connectivity index (χ4n) is 4.81. The van der Waals surface area contributed by atoms with Crippen molar-refractivity contribution in [1.82, 2.24) is 4.90 Å². The molecule has 4 N–H and O–H groups in total. The first-order valence-electron chi connectivity index (χ1n) is 12.3. The summed E-state index contributed by atoms with van der Waals surface area (Å²) in [4.78, 5) is 18.1. The molecule has 0 aromatic heterocycles. The van der Waals surface area contributed by atoms with Gasteiger partial charge in [0.15, 0.2) is 0 Å². The monoisotopic (exact) mass is 496 g/mol. The first-order valence-corrected chi connectivity index (χ1v) is 12.7. The van der Waals surface area contributed by atoms with Crippen LogP contribution in [0.5, 0.6) is 0 Å². The van der Waals surface area contributed by atoms with Crippen LogP contribution >= 0.6 is 11.6 Å². The first-order chi connectivity index (χ1) is 17.0. The van der Waals surface area contributed by atoms with Crippen molar-refractivity contribution in [3.8, 4) is 6.07 Å². The zero-order valence-corrected chi connectivity index (χ0v) is 21.6. The number of aliphatic imine (C=N–C) groups is 3. The highest BCUT2D eigenvalue weighted by molar-refractivity contribution is 6.33. The zero-order valence-electron chi connectivity index (χ0n) is 20.8. The third-order valence-electron chi connectivity index (χ3n) is 6.83. The van der Waals surface area contributed by atoms with Crippen LogP contribution in [-0.2, 0) is 0 Å². The van der Waals surface area contributed by atoms with Crippen molar-refractivity contribution in [1.29, 1.82) is 5.26 Å². The number of anilines is 1. The fourth-order valence-corrected chi connectivity index (χ4v) is 5.10. The highest BCUT2D eigenvalue weighted by Gasteiger charge is 2.34. The number of hydrogen-bond acceptors (Lipinski definition) is 8. The lowest BCUT2D eigenvalue weighted by molar-refractivity contribution is 0.168. The summed E-state index contributed by atoms with van der Waals surface area (Å²) in [6, 6.07) is 7.18. The van der Waals surface area contributed by atoms with Crippen molar-refractivity contribution in [2.45, 2.75) is 51.1 Å². The molecule has 1 heterocycles. The fraction of sp³-hybridized carbons (Fsp3) is 0.538. The van der Waals surface area contributed by atoms with E-state index < -0.39 is 0 Å². The third kappa shape index (κ3) is 6.69. The molecule has 1 aliphatic heterocycles. The van der Waals surface area contributed by atoms with Crippen LogP contribution in [0.1, 0.15) is 44.6 Å². The molecule has 3 fully saturated rings. The summed E-state index contributed by atoms with van der Waals surface area (Å²) in [7, 11) is 1.50. The van der Waals surface area contributed by atoms with E-state index in [0.717, 1.165) is 80.9 Å². The number of benzene rings is 1. The number of halogens is 1. The summed E-state index contributed by atoms with van der Waals surface area (Å²) in [5, 5.41) is 10.1. The number of nitriles is 1. The molecule has 0 bridgehead atoms. The van der Waals surface area contributed by atoms with Gasteiger partial charge in [0.2, 0.25) is 0 Å². The lowest BCUT2D eigenvalue weighted by atomic mass is 10.0. The SMILES string of the molecule is C=Nc1cc(N2CCN(C3CCCC3C#N)CC2)c(Cl)cc1C=N/C(=C/N)C(C)=NC1CC1.CN. The van der Waals surface area contributed by atoms with Gasteiger partial charge in [-0.15, -0.1) is 0 Å². The molecule has 35 heavy (non-hydrogen) atoms. The van der Waals surface area contributed by atoms with Crippen LogP contribution in [0, 0.1) is 17.2 Å². The Kier molecular flexibility index (Phi) is 9.84. The number of nitrogens with two attached hydrogens (primary N) is 2. The molecule has 2 unspecified atom stereocenters. The molecule has 1 aromatic carbocycles. The Balaban J connectivity index is 0.00000167. The van der Waals surface area contributed by atoms with Gasteiger partial charge in [-0.2, -0.15) is 5.26 Å². The summed E-state index contributed by atoms with van der Waals surface area (Å²) in [6.07, 6.45) is 8.78. The van der Waals surface area contributed by atoms with Gasteiger partial charge < -0.3 is 16.4 Å². The number of rotatable bonds is 7. The lowest BCUT2D eigenvalue weighted by Crippen LogP contribution is -2.51. The third-order valence-corrected chi connectivity index (χ3v) is 7.13. The lowest BCUT2D eigenvalue weighted by Gasteiger charge is -2.40. The second-order valence-electron chi connectivity index (χ2n) is 9.03. The predicted molar refractivity (Wildman–Crippen MR) is 147 cm³/mol. The summed E-state index contributed by atoms with van der Waals surface area (Å²) >= 11 is 6.70. The Morgan fingerprint density at radius 3 is 2.49 bits per heavy atom. The molecule has 9 heteroatoms. The topological polar surface area (TPSA) is 119 Å². The molecule has 0 radical (unpaired) electrons. The van der Waals surface area contributed by atoms with Gasteiger partial charge in [-0.25, -0.2) is 0 Å². The van der Waals surface area contributed by atoms with E-state index in [-0.39, 0.29) is 5.92 Å². The van der Waals surface area contributed by atoms with Gasteiger partial charge in [-0.05, 0) is 58.5 Å². The van der Waals surface area contributed by atoms with Crippen molar-refractivity contribution >= 4 is 41.6 Å². The van der Waals surface area contributed by atoms with Crippen LogP contribution in [0.4, 0.5) is 11.4 Å². The van der Waals surface area contributed by atoms with E-state index in [2.05, 4.69) is 43.3 Å². The molecule has 0 spiro atoms. The molecule has 4 rings (SSSR count). The zero-order chi connectivity index (χ0) is 25.4. The van der Waals surface area contributed by atoms with Gasteiger partial charge in [-0.3, -0.25) is 19.9 Å². The Morgan fingerprint density at radius 2 is 1.89 bits per heavy atom. The van der Waals surface area contributed by atoms with Gasteiger partial charge in [0.25, 0.3) is 0 Å². The molecule has 2 atom stereocenters. The van der Waals surface area contributed by atoms with E-state index in [9.17, 15) is 5.26 Å². The Bertz CT molecular complexity index is 1010. The van der Waals surface area contributed by atoms with Gasteiger partial charge in [0, 0.05) is 50.2 Å². The largest absolute Gasteiger partial charge is 0.403 e. The molecular weight excluding hydrogens is 460 g/mol. The summed E-state index contributed by atoms with van der Waals surface area (Å²) in [5.41, 5.74) is 14.3. The van der Waals surface area contributed by atoms with Gasteiger partial charge in [0.05, 0.1) is 45.8 Å². The number of piperazine rings is 1. The smallest absolute Gasteiger partial charge is 0.0991 e. The second kappa shape index (κ2) is 12.8. The normalized spacial score (nSPS) is 23.7. The first kappa shape index (κ1) is 26.9. The Labute approximate surface area is 214 Å². The minimum absolute atomic E-state index is 0.167. The number of allylic oxidation sites excluding steroid dienone is 1. The van der Waals surface area contributed by atoms with Gasteiger partial charge in [-0.1, -0.05) is 18.0 Å². The summed E-state index contributed by atoms with van der Waals surface area (Å²) in [6.45, 7) is 9.28. The molecule has 2 aliphatic carbocycles. The van der Waals surface area contributed by atoms with Gasteiger partial charge in [0.1, 0.15) is 0 Å². The summed E-state index contributed by atoms with van der Waals surface area (Å²) < 4.78 is 0. The van der Waals surface area contributed by atoms with Crippen LogP contribution in [0.2, 0.25) is 5.02 Å². The van der Waals surface area contributed by atoms with Crippen LogP contribution in [0.15, 0.2) is 39.0 Å². The van der Waals surface area contributed by atoms with Crippen molar-refractivity contribution in [3.63, 3.8) is 0 Å². The second-order valence-corrected chi connectivity index (χ2v) is 9.44. The number of hydrogen-bond donors (Lipinski definition) is 2. The molecule has 1 aromatic rings. The standard InChI is InChI=1S/C25H32ClN7.CH5N/c1-17(31-20-6-7-20)23(15-28)30-16-19-12-21(26)25(13-22(19)29-2)33-10-8-32(9-11-33)24-5-3-4-18(24)14-27;1-2/h12-13,15-16,18,20,24H,2-11,28H2,1H3;2H2,1H3/b23-15+,30-16?,31-17?;. The quantitative estimate of drug-likeness (QED) is 0.554. The maximum Gasteiger partial charge on any atom is 0.0991 e. The highest BCUT2D eigenvalue weighted by atomic mass is 35.5. The van der Waals surface area contributed by atoms with Crippen molar-refractivity contribution in [3.05, 3.63) is 34.6 Å². The van der Waals surface area contributed by atoms with E-state index in [1.807, 2.05) is 19.1 Å². The van der Waals surface area contributed by atoms with Crippen LogP contribution < -0.4 is 16.4 Å². The molecule has 0 amide bonds. The van der Waals surface area contributed by atoms with Crippen LogP contribution in [0.25, 0.3) is 0 Å². The summed E-state index contributed by atoms with van der Waals surface area (Å²) in [5.74, 6) is 0.167. The van der Waals surface area contributed by atoms with Crippen LogP contribution in [-0.4, -0.2) is 68.9 Å². The maximum atomic E-state index is 9.43. The Hall–Kier alpha value is -2.73. The predicted octanol–water partition coefficient (Wildman–Crippen LogP) is 3.90. The average Bonchev–Trinajstić information content (AvgIpc) is 3.57.